The van der Waals surface area contributed by atoms with E-state index in [1.54, 1.807) is 6.07 Å². The van der Waals surface area contributed by atoms with Gasteiger partial charge in [0.25, 0.3) is 0 Å². The number of carbonyl (C=O) groups excluding carboxylic acids is 1. The zero-order valence-electron chi connectivity index (χ0n) is 11.5. The molecule has 0 aromatic heterocycles. The van der Waals surface area contributed by atoms with Crippen LogP contribution in [0.5, 0.6) is 0 Å². The van der Waals surface area contributed by atoms with Crippen LogP contribution < -0.4 is 10.6 Å². The average molecular weight is 280 g/mol. The molecular weight excluding hydrogens is 259 g/mol. The summed E-state index contributed by atoms with van der Waals surface area (Å²) in [6.07, 6.45) is 3.98. The molecule has 2 amide bonds. The standard InChI is InChI=1S/C15H21FN2O2/c16-13-4-1-3-12(11-13)6-8-17-15(19)18-9-7-14-5-2-10-20-14/h1,3-4,11,14H,2,5-10H2,(H2,17,18,19). The van der Waals surface area contributed by atoms with Crippen LogP contribution in [0.2, 0.25) is 0 Å². The number of ether oxygens (including phenoxy) is 1. The van der Waals surface area contributed by atoms with Crippen molar-refractivity contribution in [3.8, 4) is 0 Å². The SMILES string of the molecule is O=C(NCCc1cccc(F)c1)NCCC1CCCO1. The van der Waals surface area contributed by atoms with Gasteiger partial charge in [0.15, 0.2) is 0 Å². The number of carbonyl (C=O) groups is 1. The molecule has 1 heterocycles. The molecule has 1 atom stereocenters. The van der Waals surface area contributed by atoms with Crippen LogP contribution in [0, 0.1) is 5.82 Å². The molecular formula is C15H21FN2O2. The molecule has 2 N–H and O–H groups in total. The van der Waals surface area contributed by atoms with E-state index in [1.165, 1.54) is 12.1 Å². The monoisotopic (exact) mass is 280 g/mol. The lowest BCUT2D eigenvalue weighted by molar-refractivity contribution is 0.104. The van der Waals surface area contributed by atoms with E-state index in [0.29, 0.717) is 25.6 Å². The third-order valence-corrected chi connectivity index (χ3v) is 3.36. The molecule has 110 valence electrons. The van der Waals surface area contributed by atoms with Gasteiger partial charge in [-0.3, -0.25) is 0 Å². The summed E-state index contributed by atoms with van der Waals surface area (Å²) in [6, 6.07) is 6.23. The Bertz CT molecular complexity index is 434. The van der Waals surface area contributed by atoms with Crippen molar-refractivity contribution in [1.29, 1.82) is 0 Å². The lowest BCUT2D eigenvalue weighted by atomic mass is 10.1. The fraction of sp³-hybridized carbons (Fsp3) is 0.533. The minimum Gasteiger partial charge on any atom is -0.378 e. The largest absolute Gasteiger partial charge is 0.378 e. The van der Waals surface area contributed by atoms with Crippen LogP contribution in [0.25, 0.3) is 0 Å². The lowest BCUT2D eigenvalue weighted by Gasteiger charge is -2.11. The fourth-order valence-corrected chi connectivity index (χ4v) is 2.29. The third-order valence-electron chi connectivity index (χ3n) is 3.36. The van der Waals surface area contributed by atoms with E-state index in [2.05, 4.69) is 10.6 Å². The first-order valence-corrected chi connectivity index (χ1v) is 7.12. The molecule has 0 bridgehead atoms. The summed E-state index contributed by atoms with van der Waals surface area (Å²) >= 11 is 0. The maximum absolute atomic E-state index is 13.0. The number of halogens is 1. The number of urea groups is 1. The molecule has 0 radical (unpaired) electrons. The molecule has 1 fully saturated rings. The van der Waals surface area contributed by atoms with Gasteiger partial charge in [-0.15, -0.1) is 0 Å². The maximum atomic E-state index is 13.0. The first-order valence-electron chi connectivity index (χ1n) is 7.12. The zero-order valence-corrected chi connectivity index (χ0v) is 11.5. The van der Waals surface area contributed by atoms with Gasteiger partial charge in [0.1, 0.15) is 5.82 Å². The van der Waals surface area contributed by atoms with E-state index in [1.807, 2.05) is 6.07 Å². The summed E-state index contributed by atoms with van der Waals surface area (Å²) in [4.78, 5) is 11.5. The molecule has 1 aliphatic rings. The molecule has 2 rings (SSSR count). The predicted molar refractivity (Wildman–Crippen MR) is 75.1 cm³/mol. The van der Waals surface area contributed by atoms with Crippen LogP contribution >= 0.6 is 0 Å². The molecule has 1 aromatic rings. The van der Waals surface area contributed by atoms with E-state index < -0.39 is 0 Å². The van der Waals surface area contributed by atoms with E-state index in [9.17, 15) is 9.18 Å². The second-order valence-electron chi connectivity index (χ2n) is 4.99. The van der Waals surface area contributed by atoms with Gasteiger partial charge in [-0.05, 0) is 43.4 Å². The molecule has 0 saturated carbocycles. The van der Waals surface area contributed by atoms with Gasteiger partial charge >= 0.3 is 6.03 Å². The van der Waals surface area contributed by atoms with E-state index in [-0.39, 0.29) is 11.8 Å². The van der Waals surface area contributed by atoms with Gasteiger partial charge in [0.05, 0.1) is 6.10 Å². The van der Waals surface area contributed by atoms with Gasteiger partial charge in [0, 0.05) is 19.7 Å². The molecule has 1 aliphatic heterocycles. The Morgan fingerprint density at radius 2 is 2.20 bits per heavy atom. The number of nitrogens with one attached hydrogen (secondary N) is 2. The Balaban J connectivity index is 1.55. The van der Waals surface area contributed by atoms with Crippen molar-refractivity contribution >= 4 is 6.03 Å². The van der Waals surface area contributed by atoms with Crippen LogP contribution in [0.4, 0.5) is 9.18 Å². The highest BCUT2D eigenvalue weighted by Crippen LogP contribution is 2.14. The third kappa shape index (κ3) is 5.17. The maximum Gasteiger partial charge on any atom is 0.314 e. The first kappa shape index (κ1) is 14.8. The number of hydrogen-bond acceptors (Lipinski definition) is 2. The molecule has 0 spiro atoms. The van der Waals surface area contributed by atoms with Crippen molar-refractivity contribution < 1.29 is 13.9 Å². The van der Waals surface area contributed by atoms with Crippen LogP contribution in [0.15, 0.2) is 24.3 Å². The van der Waals surface area contributed by atoms with E-state index in [0.717, 1.165) is 31.4 Å². The molecule has 1 unspecified atom stereocenters. The smallest absolute Gasteiger partial charge is 0.314 e. The second kappa shape index (κ2) is 7.85. The average Bonchev–Trinajstić information content (AvgIpc) is 2.92. The fourth-order valence-electron chi connectivity index (χ4n) is 2.29. The summed E-state index contributed by atoms with van der Waals surface area (Å²) in [5, 5.41) is 5.57. The van der Waals surface area contributed by atoms with Crippen LogP contribution in [0.3, 0.4) is 0 Å². The lowest BCUT2D eigenvalue weighted by Crippen LogP contribution is -2.37. The molecule has 20 heavy (non-hydrogen) atoms. The van der Waals surface area contributed by atoms with Crippen molar-refractivity contribution in [1.82, 2.24) is 10.6 Å². The summed E-state index contributed by atoms with van der Waals surface area (Å²) in [5.74, 6) is -0.247. The summed E-state index contributed by atoms with van der Waals surface area (Å²) in [5.41, 5.74) is 0.879. The highest BCUT2D eigenvalue weighted by Gasteiger charge is 2.14. The highest BCUT2D eigenvalue weighted by atomic mass is 19.1. The predicted octanol–water partition coefficient (Wildman–Crippen LogP) is 2.24. The van der Waals surface area contributed by atoms with Crippen molar-refractivity contribution in [2.24, 2.45) is 0 Å². The van der Waals surface area contributed by atoms with Gasteiger partial charge in [-0.2, -0.15) is 0 Å². The highest BCUT2D eigenvalue weighted by molar-refractivity contribution is 5.73. The van der Waals surface area contributed by atoms with Crippen molar-refractivity contribution in [3.05, 3.63) is 35.6 Å². The van der Waals surface area contributed by atoms with Gasteiger partial charge < -0.3 is 15.4 Å². The summed E-state index contributed by atoms with van der Waals surface area (Å²) in [6.45, 7) is 1.95. The van der Waals surface area contributed by atoms with Gasteiger partial charge in [-0.25, -0.2) is 9.18 Å². The zero-order chi connectivity index (χ0) is 14.2. The Labute approximate surface area is 118 Å². The first-order chi connectivity index (χ1) is 9.74. The van der Waals surface area contributed by atoms with Crippen molar-refractivity contribution in [2.45, 2.75) is 31.8 Å². The van der Waals surface area contributed by atoms with Gasteiger partial charge in [-0.1, -0.05) is 12.1 Å². The minimum atomic E-state index is -0.247. The number of rotatable bonds is 6. The Hall–Kier alpha value is -1.62. The molecule has 1 saturated heterocycles. The van der Waals surface area contributed by atoms with Crippen molar-refractivity contribution in [2.75, 3.05) is 19.7 Å². The summed E-state index contributed by atoms with van der Waals surface area (Å²) in [7, 11) is 0. The molecule has 4 nitrogen and oxygen atoms in total. The molecule has 5 heteroatoms. The van der Waals surface area contributed by atoms with E-state index in [4.69, 9.17) is 4.74 Å². The molecule has 0 aliphatic carbocycles. The minimum absolute atomic E-state index is 0.181. The second-order valence-corrected chi connectivity index (χ2v) is 4.99. The quantitative estimate of drug-likeness (QED) is 0.839. The van der Waals surface area contributed by atoms with Crippen LogP contribution in [-0.2, 0) is 11.2 Å². The number of amides is 2. The topological polar surface area (TPSA) is 50.4 Å². The van der Waals surface area contributed by atoms with Gasteiger partial charge in [0.2, 0.25) is 0 Å². The Kier molecular flexibility index (Phi) is 5.80. The number of benzene rings is 1. The normalized spacial score (nSPS) is 17.9. The van der Waals surface area contributed by atoms with Crippen LogP contribution in [0.1, 0.15) is 24.8 Å². The number of hydrogen-bond donors (Lipinski definition) is 2. The Morgan fingerprint density at radius 3 is 2.95 bits per heavy atom. The van der Waals surface area contributed by atoms with Crippen molar-refractivity contribution in [3.63, 3.8) is 0 Å². The van der Waals surface area contributed by atoms with E-state index >= 15 is 0 Å². The van der Waals surface area contributed by atoms with Crippen LogP contribution in [-0.4, -0.2) is 31.8 Å². The Morgan fingerprint density at radius 1 is 1.35 bits per heavy atom. The summed E-state index contributed by atoms with van der Waals surface area (Å²) < 4.78 is 18.4. The molecule has 1 aromatic carbocycles.